The quantitative estimate of drug-likeness (QED) is 0.540. The molecule has 2 aromatic carbocycles. The van der Waals surface area contributed by atoms with Crippen LogP contribution in [0.3, 0.4) is 0 Å². The van der Waals surface area contributed by atoms with Crippen molar-refractivity contribution in [3.05, 3.63) is 54.1 Å². The molecule has 0 unspecified atom stereocenters. The molecule has 1 heterocycles. The van der Waals surface area contributed by atoms with Crippen molar-refractivity contribution < 1.29 is 14.6 Å². The Morgan fingerprint density at radius 3 is 2.23 bits per heavy atom. The van der Waals surface area contributed by atoms with Crippen LogP contribution in [0.4, 0.5) is 0 Å². The third kappa shape index (κ3) is 5.55. The Bertz CT molecular complexity index is 947. The highest BCUT2D eigenvalue weighted by Gasteiger charge is 2.15. The molecular weight excluding hydrogens is 398 g/mol. The standard InChI is InChI=1S/C23H29N3O3S/c1-23(2,3)17-8-12-20(13-9-17)29-14-18(27)15-30-22-25-24-21(26(22)4)16-6-10-19(28-5)11-7-16/h6-13,18,27H,14-15H2,1-5H3/t18-/m0/s1. The predicted molar refractivity (Wildman–Crippen MR) is 120 cm³/mol. The molecule has 30 heavy (non-hydrogen) atoms. The first-order valence-electron chi connectivity index (χ1n) is 9.86. The Labute approximate surface area is 182 Å². The van der Waals surface area contributed by atoms with E-state index in [1.807, 2.05) is 48.0 Å². The second kappa shape index (κ2) is 9.53. The van der Waals surface area contributed by atoms with Crippen LogP contribution < -0.4 is 9.47 Å². The fraction of sp³-hybridized carbons (Fsp3) is 0.391. The second-order valence-corrected chi connectivity index (χ2v) is 9.13. The number of nitrogens with zero attached hydrogens (tertiary/aromatic N) is 3. The van der Waals surface area contributed by atoms with Gasteiger partial charge in [-0.25, -0.2) is 0 Å². The lowest BCUT2D eigenvalue weighted by molar-refractivity contribution is 0.126. The number of hydrogen-bond donors (Lipinski definition) is 1. The number of rotatable bonds is 8. The van der Waals surface area contributed by atoms with Crippen molar-refractivity contribution in [2.45, 2.75) is 37.4 Å². The lowest BCUT2D eigenvalue weighted by Crippen LogP contribution is -2.20. The Balaban J connectivity index is 1.52. The zero-order chi connectivity index (χ0) is 21.7. The molecule has 0 saturated carbocycles. The van der Waals surface area contributed by atoms with Crippen LogP contribution >= 0.6 is 11.8 Å². The van der Waals surface area contributed by atoms with Crippen LogP contribution in [0.2, 0.25) is 0 Å². The average molecular weight is 428 g/mol. The summed E-state index contributed by atoms with van der Waals surface area (Å²) in [5.74, 6) is 2.79. The fourth-order valence-corrected chi connectivity index (χ4v) is 3.71. The second-order valence-electron chi connectivity index (χ2n) is 8.14. The van der Waals surface area contributed by atoms with Crippen LogP contribution in [0.15, 0.2) is 53.7 Å². The summed E-state index contributed by atoms with van der Waals surface area (Å²) in [6, 6.07) is 15.7. The van der Waals surface area contributed by atoms with Gasteiger partial charge in [0, 0.05) is 18.4 Å². The summed E-state index contributed by atoms with van der Waals surface area (Å²) < 4.78 is 12.8. The number of benzene rings is 2. The maximum Gasteiger partial charge on any atom is 0.191 e. The summed E-state index contributed by atoms with van der Waals surface area (Å²) >= 11 is 1.45. The molecule has 0 bridgehead atoms. The van der Waals surface area contributed by atoms with E-state index in [1.165, 1.54) is 17.3 Å². The van der Waals surface area contributed by atoms with Crippen LogP contribution in [0, 0.1) is 0 Å². The third-order valence-electron chi connectivity index (χ3n) is 4.75. The zero-order valence-electron chi connectivity index (χ0n) is 18.1. The summed E-state index contributed by atoms with van der Waals surface area (Å²) in [5, 5.41) is 19.6. The Hall–Kier alpha value is -2.51. The van der Waals surface area contributed by atoms with E-state index in [0.717, 1.165) is 28.0 Å². The molecule has 7 heteroatoms. The Kier molecular flexibility index (Phi) is 7.05. The highest BCUT2D eigenvalue weighted by molar-refractivity contribution is 7.99. The van der Waals surface area contributed by atoms with Crippen molar-refractivity contribution in [2.75, 3.05) is 19.5 Å². The van der Waals surface area contributed by atoms with Gasteiger partial charge in [0.2, 0.25) is 0 Å². The third-order valence-corrected chi connectivity index (χ3v) is 5.92. The molecule has 0 aliphatic heterocycles. The molecule has 0 fully saturated rings. The molecule has 160 valence electrons. The van der Waals surface area contributed by atoms with Gasteiger partial charge in [0.1, 0.15) is 18.1 Å². The van der Waals surface area contributed by atoms with E-state index in [1.54, 1.807) is 7.11 Å². The molecule has 6 nitrogen and oxygen atoms in total. The molecule has 3 rings (SSSR count). The molecule has 1 N–H and O–H groups in total. The minimum Gasteiger partial charge on any atom is -0.497 e. The summed E-state index contributed by atoms with van der Waals surface area (Å²) in [6.07, 6.45) is -0.613. The molecule has 0 aliphatic rings. The first-order chi connectivity index (χ1) is 14.3. The van der Waals surface area contributed by atoms with Gasteiger partial charge in [-0.15, -0.1) is 10.2 Å². The van der Waals surface area contributed by atoms with E-state index in [4.69, 9.17) is 9.47 Å². The molecule has 0 amide bonds. The summed E-state index contributed by atoms with van der Waals surface area (Å²) in [5.41, 5.74) is 2.32. The van der Waals surface area contributed by atoms with Gasteiger partial charge in [-0.3, -0.25) is 0 Å². The van der Waals surface area contributed by atoms with Crippen molar-refractivity contribution >= 4 is 11.8 Å². The van der Waals surface area contributed by atoms with Crippen molar-refractivity contribution in [3.63, 3.8) is 0 Å². The Morgan fingerprint density at radius 1 is 1.00 bits per heavy atom. The summed E-state index contributed by atoms with van der Waals surface area (Å²) in [6.45, 7) is 6.76. The minimum absolute atomic E-state index is 0.107. The first-order valence-corrected chi connectivity index (χ1v) is 10.8. The Morgan fingerprint density at radius 2 is 1.63 bits per heavy atom. The summed E-state index contributed by atoms with van der Waals surface area (Å²) in [4.78, 5) is 0. The zero-order valence-corrected chi connectivity index (χ0v) is 18.9. The summed E-state index contributed by atoms with van der Waals surface area (Å²) in [7, 11) is 3.56. The largest absolute Gasteiger partial charge is 0.497 e. The van der Waals surface area contributed by atoms with E-state index in [9.17, 15) is 5.11 Å². The van der Waals surface area contributed by atoms with Gasteiger partial charge in [0.05, 0.1) is 13.2 Å². The van der Waals surface area contributed by atoms with E-state index < -0.39 is 6.10 Å². The van der Waals surface area contributed by atoms with Gasteiger partial charge >= 0.3 is 0 Å². The average Bonchev–Trinajstić information content (AvgIpc) is 3.10. The van der Waals surface area contributed by atoms with Crippen molar-refractivity contribution in [1.29, 1.82) is 0 Å². The van der Waals surface area contributed by atoms with Crippen molar-refractivity contribution in [2.24, 2.45) is 7.05 Å². The van der Waals surface area contributed by atoms with Gasteiger partial charge in [-0.2, -0.15) is 0 Å². The highest BCUT2D eigenvalue weighted by atomic mass is 32.2. The van der Waals surface area contributed by atoms with Gasteiger partial charge in [0.25, 0.3) is 0 Å². The van der Waals surface area contributed by atoms with Gasteiger partial charge < -0.3 is 19.1 Å². The van der Waals surface area contributed by atoms with Crippen LogP contribution in [-0.2, 0) is 12.5 Å². The van der Waals surface area contributed by atoms with Crippen LogP contribution in [0.1, 0.15) is 26.3 Å². The predicted octanol–water partition coefficient (Wildman–Crippen LogP) is 4.32. The minimum atomic E-state index is -0.613. The fourth-order valence-electron chi connectivity index (χ4n) is 2.89. The van der Waals surface area contributed by atoms with E-state index >= 15 is 0 Å². The van der Waals surface area contributed by atoms with E-state index in [-0.39, 0.29) is 12.0 Å². The lowest BCUT2D eigenvalue weighted by Gasteiger charge is -2.19. The number of hydrogen-bond acceptors (Lipinski definition) is 6. The van der Waals surface area contributed by atoms with Gasteiger partial charge in [-0.1, -0.05) is 44.7 Å². The number of aliphatic hydroxyl groups is 1. The van der Waals surface area contributed by atoms with Gasteiger partial charge in [-0.05, 0) is 47.4 Å². The number of ether oxygens (including phenoxy) is 2. The maximum absolute atomic E-state index is 10.3. The van der Waals surface area contributed by atoms with E-state index in [0.29, 0.717) is 5.75 Å². The topological polar surface area (TPSA) is 69.4 Å². The number of aromatic nitrogens is 3. The van der Waals surface area contributed by atoms with Crippen LogP contribution in [0.25, 0.3) is 11.4 Å². The SMILES string of the molecule is COc1ccc(-c2nnc(SC[C@@H](O)COc3ccc(C(C)(C)C)cc3)n2C)cc1. The first kappa shape index (κ1) is 22.2. The molecule has 0 saturated heterocycles. The maximum atomic E-state index is 10.3. The lowest BCUT2D eigenvalue weighted by atomic mass is 9.87. The monoisotopic (exact) mass is 427 g/mol. The number of methoxy groups -OCH3 is 1. The molecular formula is C23H29N3O3S. The van der Waals surface area contributed by atoms with E-state index in [2.05, 4.69) is 43.1 Å². The number of thioether (sulfide) groups is 1. The molecule has 1 aromatic heterocycles. The van der Waals surface area contributed by atoms with Gasteiger partial charge in [0.15, 0.2) is 11.0 Å². The molecule has 0 radical (unpaired) electrons. The van der Waals surface area contributed by atoms with Crippen LogP contribution in [0.5, 0.6) is 11.5 Å². The van der Waals surface area contributed by atoms with Crippen molar-refractivity contribution in [3.8, 4) is 22.9 Å². The van der Waals surface area contributed by atoms with Crippen LogP contribution in [-0.4, -0.2) is 45.4 Å². The normalized spacial score (nSPS) is 12.6. The highest BCUT2D eigenvalue weighted by Crippen LogP contribution is 2.26. The molecule has 0 aliphatic carbocycles. The smallest absolute Gasteiger partial charge is 0.191 e. The molecule has 3 aromatic rings. The molecule has 1 atom stereocenters. The number of aliphatic hydroxyl groups excluding tert-OH is 1. The molecule has 0 spiro atoms. The van der Waals surface area contributed by atoms with Crippen molar-refractivity contribution in [1.82, 2.24) is 14.8 Å².